The van der Waals surface area contributed by atoms with E-state index < -0.39 is 0 Å². The number of amides is 2. The number of benzene rings is 1. The Morgan fingerprint density at radius 1 is 1.20 bits per heavy atom. The fraction of sp³-hybridized carbons (Fsp3) is 0.357. The second-order valence-electron chi connectivity index (χ2n) is 4.56. The average Bonchev–Trinajstić information content (AvgIpc) is 2.38. The largest absolute Gasteiger partial charge is 0.350 e. The molecule has 0 aliphatic rings. The summed E-state index contributed by atoms with van der Waals surface area (Å²) in [5, 5.41) is 8.48. The van der Waals surface area contributed by atoms with Crippen LogP contribution in [0.15, 0.2) is 24.3 Å². The minimum Gasteiger partial charge on any atom is -0.350 e. The number of carbonyl (C=O) groups is 2. The molecule has 0 fully saturated rings. The zero-order chi connectivity index (χ0) is 15.1. The molecule has 0 unspecified atom stereocenters. The first kappa shape index (κ1) is 16.1. The maximum atomic E-state index is 11.8. The molecule has 1 aromatic carbocycles. The van der Waals surface area contributed by atoms with Gasteiger partial charge in [-0.05, 0) is 50.3 Å². The molecule has 0 saturated heterocycles. The molecule has 0 bridgehead atoms. The van der Waals surface area contributed by atoms with Crippen molar-refractivity contribution in [3.05, 3.63) is 29.8 Å². The van der Waals surface area contributed by atoms with E-state index in [4.69, 9.17) is 12.2 Å². The third-order valence-electron chi connectivity index (χ3n) is 2.40. The number of anilines is 1. The Kier molecular flexibility index (Phi) is 6.11. The number of nitrogens with one attached hydrogen (secondary N) is 3. The first-order chi connectivity index (χ1) is 9.42. The van der Waals surface area contributed by atoms with E-state index in [0.29, 0.717) is 17.7 Å². The summed E-state index contributed by atoms with van der Waals surface area (Å²) < 4.78 is 0. The molecule has 0 spiro atoms. The van der Waals surface area contributed by atoms with Gasteiger partial charge >= 0.3 is 0 Å². The molecular formula is C14H19N3O2S. The minimum absolute atomic E-state index is 0.0946. The van der Waals surface area contributed by atoms with Crippen LogP contribution in [-0.2, 0) is 4.79 Å². The van der Waals surface area contributed by atoms with Crippen LogP contribution in [0.25, 0.3) is 0 Å². The predicted octanol–water partition coefficient (Wildman–Crippen LogP) is 2.05. The topological polar surface area (TPSA) is 70.2 Å². The molecule has 108 valence electrons. The highest BCUT2D eigenvalue weighted by Gasteiger charge is 2.07. The van der Waals surface area contributed by atoms with Crippen LogP contribution in [0.3, 0.4) is 0 Å². The van der Waals surface area contributed by atoms with Gasteiger partial charge in [0.2, 0.25) is 5.91 Å². The molecule has 2 amide bonds. The molecule has 0 aliphatic carbocycles. The number of carbonyl (C=O) groups excluding carboxylic acids is 2. The summed E-state index contributed by atoms with van der Waals surface area (Å²) in [6, 6.07) is 6.96. The van der Waals surface area contributed by atoms with Crippen molar-refractivity contribution in [2.75, 3.05) is 5.32 Å². The highest BCUT2D eigenvalue weighted by Crippen LogP contribution is 2.09. The van der Waals surface area contributed by atoms with Crippen molar-refractivity contribution >= 4 is 34.8 Å². The van der Waals surface area contributed by atoms with Gasteiger partial charge in [0.1, 0.15) is 0 Å². The van der Waals surface area contributed by atoms with E-state index >= 15 is 0 Å². The Bertz CT molecular complexity index is 498. The smallest absolute Gasteiger partial charge is 0.251 e. The van der Waals surface area contributed by atoms with Crippen molar-refractivity contribution in [1.82, 2.24) is 10.6 Å². The van der Waals surface area contributed by atoms with Crippen LogP contribution < -0.4 is 16.0 Å². The van der Waals surface area contributed by atoms with Gasteiger partial charge in [-0.3, -0.25) is 9.59 Å². The van der Waals surface area contributed by atoms with Gasteiger partial charge in [-0.1, -0.05) is 6.92 Å². The molecular weight excluding hydrogens is 274 g/mol. The Labute approximate surface area is 124 Å². The van der Waals surface area contributed by atoms with E-state index in [-0.39, 0.29) is 23.0 Å². The SMILES string of the molecule is CCC(=O)NC(=S)Nc1ccc(C(=O)NC(C)C)cc1. The molecule has 0 heterocycles. The van der Waals surface area contributed by atoms with Crippen LogP contribution in [0.4, 0.5) is 5.69 Å². The first-order valence-corrected chi connectivity index (χ1v) is 6.85. The predicted molar refractivity (Wildman–Crippen MR) is 83.7 cm³/mol. The van der Waals surface area contributed by atoms with Gasteiger partial charge in [0, 0.05) is 23.7 Å². The summed E-state index contributed by atoms with van der Waals surface area (Å²) in [6.07, 6.45) is 0.371. The van der Waals surface area contributed by atoms with Crippen molar-refractivity contribution in [2.24, 2.45) is 0 Å². The van der Waals surface area contributed by atoms with Crippen LogP contribution in [-0.4, -0.2) is 23.0 Å². The van der Waals surface area contributed by atoms with E-state index in [1.165, 1.54) is 0 Å². The first-order valence-electron chi connectivity index (χ1n) is 6.44. The van der Waals surface area contributed by atoms with Crippen LogP contribution >= 0.6 is 12.2 Å². The molecule has 0 aliphatic heterocycles. The summed E-state index contributed by atoms with van der Waals surface area (Å²) in [6.45, 7) is 5.56. The van der Waals surface area contributed by atoms with Crippen molar-refractivity contribution < 1.29 is 9.59 Å². The molecule has 6 heteroatoms. The molecule has 20 heavy (non-hydrogen) atoms. The zero-order valence-corrected chi connectivity index (χ0v) is 12.6. The van der Waals surface area contributed by atoms with Gasteiger partial charge in [0.05, 0.1) is 0 Å². The average molecular weight is 293 g/mol. The van der Waals surface area contributed by atoms with E-state index in [9.17, 15) is 9.59 Å². The van der Waals surface area contributed by atoms with Crippen LogP contribution in [0.5, 0.6) is 0 Å². The third-order valence-corrected chi connectivity index (χ3v) is 2.60. The summed E-state index contributed by atoms with van der Waals surface area (Å²) in [4.78, 5) is 22.9. The van der Waals surface area contributed by atoms with Gasteiger partial charge in [-0.25, -0.2) is 0 Å². The standard InChI is InChI=1S/C14H19N3O2S/c1-4-12(18)17-14(20)16-11-7-5-10(6-8-11)13(19)15-9(2)3/h5-9H,4H2,1-3H3,(H,15,19)(H2,16,17,18,20). The lowest BCUT2D eigenvalue weighted by Crippen LogP contribution is -2.33. The van der Waals surface area contributed by atoms with Crippen molar-refractivity contribution in [3.63, 3.8) is 0 Å². The summed E-state index contributed by atoms with van der Waals surface area (Å²) in [5.74, 6) is -0.260. The Hall–Kier alpha value is -1.95. The quantitative estimate of drug-likeness (QED) is 0.743. The van der Waals surface area contributed by atoms with Crippen LogP contribution in [0.1, 0.15) is 37.6 Å². The van der Waals surface area contributed by atoms with Gasteiger partial charge < -0.3 is 16.0 Å². The fourth-order valence-electron chi connectivity index (χ4n) is 1.43. The lowest BCUT2D eigenvalue weighted by Gasteiger charge is -2.10. The highest BCUT2D eigenvalue weighted by molar-refractivity contribution is 7.80. The molecule has 0 saturated carbocycles. The lowest BCUT2D eigenvalue weighted by atomic mass is 10.2. The summed E-state index contributed by atoms with van der Waals surface area (Å²) in [7, 11) is 0. The summed E-state index contributed by atoms with van der Waals surface area (Å²) in [5.41, 5.74) is 1.29. The molecule has 0 radical (unpaired) electrons. The number of rotatable bonds is 4. The van der Waals surface area contributed by atoms with E-state index in [2.05, 4.69) is 16.0 Å². The number of hydrogen-bond acceptors (Lipinski definition) is 3. The highest BCUT2D eigenvalue weighted by atomic mass is 32.1. The molecule has 1 rings (SSSR count). The van der Waals surface area contributed by atoms with Gasteiger partial charge in [0.25, 0.3) is 5.91 Å². The fourth-order valence-corrected chi connectivity index (χ4v) is 1.66. The monoisotopic (exact) mass is 293 g/mol. The number of hydrogen-bond donors (Lipinski definition) is 3. The Morgan fingerprint density at radius 2 is 1.80 bits per heavy atom. The normalized spacial score (nSPS) is 10.0. The van der Waals surface area contributed by atoms with Gasteiger partial charge in [0.15, 0.2) is 5.11 Å². The molecule has 0 aromatic heterocycles. The minimum atomic E-state index is -0.143. The summed E-state index contributed by atoms with van der Waals surface area (Å²) >= 11 is 5.00. The maximum absolute atomic E-state index is 11.8. The number of thiocarbonyl (C=S) groups is 1. The molecule has 1 aromatic rings. The van der Waals surface area contributed by atoms with E-state index in [0.717, 1.165) is 0 Å². The lowest BCUT2D eigenvalue weighted by molar-refractivity contribution is -0.119. The third kappa shape index (κ3) is 5.36. The zero-order valence-electron chi connectivity index (χ0n) is 11.8. The van der Waals surface area contributed by atoms with Gasteiger partial charge in [-0.15, -0.1) is 0 Å². The van der Waals surface area contributed by atoms with Gasteiger partial charge in [-0.2, -0.15) is 0 Å². The molecule has 0 atom stereocenters. The van der Waals surface area contributed by atoms with Crippen molar-refractivity contribution in [1.29, 1.82) is 0 Å². The van der Waals surface area contributed by atoms with Crippen molar-refractivity contribution in [3.8, 4) is 0 Å². The molecule has 3 N–H and O–H groups in total. The second-order valence-corrected chi connectivity index (χ2v) is 4.97. The maximum Gasteiger partial charge on any atom is 0.251 e. The Balaban J connectivity index is 2.60. The van der Waals surface area contributed by atoms with Crippen LogP contribution in [0, 0.1) is 0 Å². The second kappa shape index (κ2) is 7.59. The Morgan fingerprint density at radius 3 is 2.30 bits per heavy atom. The van der Waals surface area contributed by atoms with E-state index in [1.54, 1.807) is 31.2 Å². The van der Waals surface area contributed by atoms with E-state index in [1.807, 2.05) is 13.8 Å². The molecule has 5 nitrogen and oxygen atoms in total. The van der Waals surface area contributed by atoms with Crippen LogP contribution in [0.2, 0.25) is 0 Å². The van der Waals surface area contributed by atoms with Crippen molar-refractivity contribution in [2.45, 2.75) is 33.2 Å².